The standard InChI is InChI=1S/C15H16F3N3O/c1-20(9-10-2-3-10)21-13-8-11(15(16,17)18)4-5-12(13)19-7-6-14(21)22/h4-5,7-8,10H,2-3,6,9H2,1H3. The predicted octanol–water partition coefficient (Wildman–Crippen LogP) is 3.40. The van der Waals surface area contributed by atoms with Gasteiger partial charge < -0.3 is 0 Å². The van der Waals surface area contributed by atoms with Gasteiger partial charge in [-0.05, 0) is 37.0 Å². The summed E-state index contributed by atoms with van der Waals surface area (Å²) < 4.78 is 38.8. The first kappa shape index (κ1) is 15.0. The topological polar surface area (TPSA) is 35.9 Å². The van der Waals surface area contributed by atoms with Gasteiger partial charge in [-0.3, -0.25) is 9.79 Å². The highest BCUT2D eigenvalue weighted by atomic mass is 19.4. The van der Waals surface area contributed by atoms with Crippen molar-refractivity contribution in [3.8, 4) is 0 Å². The highest BCUT2D eigenvalue weighted by Crippen LogP contribution is 2.39. The van der Waals surface area contributed by atoms with E-state index in [1.54, 1.807) is 12.1 Å². The van der Waals surface area contributed by atoms with Crippen molar-refractivity contribution in [3.05, 3.63) is 23.8 Å². The van der Waals surface area contributed by atoms with E-state index in [1.807, 2.05) is 0 Å². The molecule has 1 aliphatic heterocycles. The molecule has 1 amide bonds. The van der Waals surface area contributed by atoms with Gasteiger partial charge in [0.15, 0.2) is 0 Å². The summed E-state index contributed by atoms with van der Waals surface area (Å²) in [5.74, 6) is 0.237. The fraction of sp³-hybridized carbons (Fsp3) is 0.467. The van der Waals surface area contributed by atoms with E-state index < -0.39 is 11.7 Å². The normalized spacial score (nSPS) is 18.6. The molecule has 1 saturated carbocycles. The van der Waals surface area contributed by atoms with Gasteiger partial charge in [-0.15, -0.1) is 0 Å². The summed E-state index contributed by atoms with van der Waals surface area (Å²) in [6.45, 7) is 0.654. The Hall–Kier alpha value is -1.89. The molecule has 4 nitrogen and oxygen atoms in total. The van der Waals surface area contributed by atoms with E-state index in [9.17, 15) is 18.0 Å². The van der Waals surface area contributed by atoms with Crippen molar-refractivity contribution in [2.24, 2.45) is 10.9 Å². The average Bonchev–Trinajstić information content (AvgIpc) is 3.23. The number of nitrogens with zero attached hydrogens (tertiary/aromatic N) is 3. The van der Waals surface area contributed by atoms with E-state index in [4.69, 9.17) is 0 Å². The number of halogens is 3. The minimum atomic E-state index is -4.45. The minimum absolute atomic E-state index is 0.0744. The quantitative estimate of drug-likeness (QED) is 0.857. The van der Waals surface area contributed by atoms with Gasteiger partial charge in [-0.25, -0.2) is 10.0 Å². The van der Waals surface area contributed by atoms with Gasteiger partial charge in [-0.1, -0.05) is 0 Å². The molecule has 0 bridgehead atoms. The number of hydrogen-bond donors (Lipinski definition) is 0. The second-order valence-electron chi connectivity index (χ2n) is 5.71. The molecule has 3 rings (SSSR count). The van der Waals surface area contributed by atoms with Crippen LogP contribution in [-0.4, -0.2) is 30.7 Å². The number of anilines is 1. The third kappa shape index (κ3) is 2.99. The lowest BCUT2D eigenvalue weighted by molar-refractivity contribution is -0.137. The maximum absolute atomic E-state index is 12.9. The van der Waals surface area contributed by atoms with Gasteiger partial charge in [0.2, 0.25) is 5.91 Å². The van der Waals surface area contributed by atoms with Crippen LogP contribution in [0.4, 0.5) is 24.5 Å². The van der Waals surface area contributed by atoms with Crippen molar-refractivity contribution in [2.45, 2.75) is 25.4 Å². The number of amides is 1. The molecule has 1 aromatic rings. The van der Waals surface area contributed by atoms with Crippen LogP contribution in [-0.2, 0) is 11.0 Å². The number of alkyl halides is 3. The second-order valence-corrected chi connectivity index (χ2v) is 5.71. The Bertz CT molecular complexity index is 623. The molecule has 0 N–H and O–H groups in total. The zero-order valence-electron chi connectivity index (χ0n) is 12.1. The lowest BCUT2D eigenvalue weighted by atomic mass is 10.1. The van der Waals surface area contributed by atoms with E-state index in [0.717, 1.165) is 25.0 Å². The Kier molecular flexibility index (Phi) is 3.68. The lowest BCUT2D eigenvalue weighted by Crippen LogP contribution is -2.45. The fourth-order valence-electron chi connectivity index (χ4n) is 2.55. The van der Waals surface area contributed by atoms with Crippen LogP contribution in [0.2, 0.25) is 0 Å². The number of rotatable bonds is 3. The molecule has 0 aromatic heterocycles. The maximum Gasteiger partial charge on any atom is 0.416 e. The monoisotopic (exact) mass is 311 g/mol. The summed E-state index contributed by atoms with van der Waals surface area (Å²) in [6, 6.07) is 3.30. The second kappa shape index (κ2) is 5.39. The van der Waals surface area contributed by atoms with Gasteiger partial charge in [0.25, 0.3) is 0 Å². The maximum atomic E-state index is 12.9. The summed E-state index contributed by atoms with van der Waals surface area (Å²) in [4.78, 5) is 16.4. The molecule has 2 aliphatic rings. The molecule has 118 valence electrons. The summed E-state index contributed by atoms with van der Waals surface area (Å²) in [5, 5.41) is 3.03. The molecule has 1 aromatic carbocycles. The van der Waals surface area contributed by atoms with Crippen LogP contribution in [0, 0.1) is 5.92 Å². The summed E-state index contributed by atoms with van der Waals surface area (Å²) in [6.07, 6.45) is -0.740. The van der Waals surface area contributed by atoms with Crippen LogP contribution in [0.5, 0.6) is 0 Å². The van der Waals surface area contributed by atoms with Gasteiger partial charge in [-0.2, -0.15) is 13.2 Å². The van der Waals surface area contributed by atoms with Gasteiger partial charge in [0.1, 0.15) is 0 Å². The zero-order valence-corrected chi connectivity index (χ0v) is 12.1. The molecular formula is C15H16F3N3O. The zero-order chi connectivity index (χ0) is 15.9. The van der Waals surface area contributed by atoms with Crippen LogP contribution in [0.1, 0.15) is 24.8 Å². The molecule has 22 heavy (non-hydrogen) atoms. The van der Waals surface area contributed by atoms with Crippen LogP contribution in [0.15, 0.2) is 23.2 Å². The molecule has 7 heteroatoms. The van der Waals surface area contributed by atoms with Crippen molar-refractivity contribution in [1.29, 1.82) is 0 Å². The molecule has 0 spiro atoms. The Labute approximate surface area is 126 Å². The summed E-state index contributed by atoms with van der Waals surface area (Å²) in [5.41, 5.74) is -0.209. The fourth-order valence-corrected chi connectivity index (χ4v) is 2.55. The molecule has 0 radical (unpaired) electrons. The Morgan fingerprint density at radius 2 is 2.09 bits per heavy atom. The molecule has 1 fully saturated rings. The first-order valence-corrected chi connectivity index (χ1v) is 7.14. The van der Waals surface area contributed by atoms with Crippen molar-refractivity contribution in [2.75, 3.05) is 18.6 Å². The molecule has 0 saturated heterocycles. The first-order chi connectivity index (χ1) is 10.4. The minimum Gasteiger partial charge on any atom is -0.273 e. The van der Waals surface area contributed by atoms with Crippen molar-refractivity contribution >= 4 is 23.5 Å². The third-order valence-electron chi connectivity index (χ3n) is 3.82. The number of benzene rings is 1. The van der Waals surface area contributed by atoms with Gasteiger partial charge in [0, 0.05) is 19.8 Å². The van der Waals surface area contributed by atoms with Gasteiger partial charge >= 0.3 is 6.18 Å². The highest BCUT2D eigenvalue weighted by Gasteiger charge is 2.34. The largest absolute Gasteiger partial charge is 0.416 e. The van der Waals surface area contributed by atoms with Gasteiger partial charge in [0.05, 0.1) is 23.4 Å². The first-order valence-electron chi connectivity index (χ1n) is 7.14. The molecule has 0 unspecified atom stereocenters. The molecule has 1 heterocycles. The number of carbonyl (C=O) groups is 1. The lowest BCUT2D eigenvalue weighted by Gasteiger charge is -2.32. The van der Waals surface area contributed by atoms with Crippen molar-refractivity contribution in [1.82, 2.24) is 5.01 Å². The van der Waals surface area contributed by atoms with E-state index in [1.165, 1.54) is 17.3 Å². The molecule has 0 atom stereocenters. The van der Waals surface area contributed by atoms with E-state index in [-0.39, 0.29) is 18.0 Å². The van der Waals surface area contributed by atoms with Crippen LogP contribution >= 0.6 is 0 Å². The van der Waals surface area contributed by atoms with Crippen LogP contribution in [0.25, 0.3) is 0 Å². The summed E-state index contributed by atoms with van der Waals surface area (Å²) >= 11 is 0. The molecular weight excluding hydrogens is 295 g/mol. The molecule has 1 aliphatic carbocycles. The Morgan fingerprint density at radius 1 is 1.36 bits per heavy atom. The van der Waals surface area contributed by atoms with Crippen molar-refractivity contribution in [3.63, 3.8) is 0 Å². The number of hydrogen-bond acceptors (Lipinski definition) is 3. The Morgan fingerprint density at radius 3 is 2.73 bits per heavy atom. The van der Waals surface area contributed by atoms with Crippen molar-refractivity contribution < 1.29 is 18.0 Å². The number of hydrazine groups is 1. The average molecular weight is 311 g/mol. The third-order valence-corrected chi connectivity index (χ3v) is 3.82. The van der Waals surface area contributed by atoms with E-state index in [2.05, 4.69) is 4.99 Å². The Balaban J connectivity index is 2.01. The number of aliphatic imine (C=N–C) groups is 1. The van der Waals surface area contributed by atoms with Crippen LogP contribution in [0.3, 0.4) is 0 Å². The SMILES string of the molecule is CN(CC1CC1)N1C(=O)CC=Nc2ccc(C(F)(F)F)cc21. The highest BCUT2D eigenvalue weighted by molar-refractivity contribution is 6.04. The summed E-state index contributed by atoms with van der Waals surface area (Å²) in [7, 11) is 1.73. The predicted molar refractivity (Wildman–Crippen MR) is 77.1 cm³/mol. The van der Waals surface area contributed by atoms with Crippen LogP contribution < -0.4 is 5.01 Å². The number of carbonyl (C=O) groups excluding carboxylic acids is 1. The van der Waals surface area contributed by atoms with E-state index in [0.29, 0.717) is 18.2 Å². The number of fused-ring (bicyclic) bond motifs is 1. The smallest absolute Gasteiger partial charge is 0.273 e. The van der Waals surface area contributed by atoms with E-state index >= 15 is 0 Å².